The molecule has 9 nitrogen and oxygen atoms in total. The summed E-state index contributed by atoms with van der Waals surface area (Å²) in [5.74, 6) is 1.52. The Bertz CT molecular complexity index is 1980. The third-order valence-electron chi connectivity index (χ3n) is 7.31. The van der Waals surface area contributed by atoms with Gasteiger partial charge >= 0.3 is 5.69 Å². The van der Waals surface area contributed by atoms with Crippen LogP contribution in [0.1, 0.15) is 17.0 Å². The molecule has 40 heavy (non-hydrogen) atoms. The highest BCUT2D eigenvalue weighted by Gasteiger charge is 2.28. The summed E-state index contributed by atoms with van der Waals surface area (Å²) in [5, 5.41) is 12.4. The lowest BCUT2D eigenvalue weighted by Gasteiger charge is -2.15. The number of nitrogens with one attached hydrogen (secondary N) is 2. The number of aryl methyl sites for hydroxylation is 1. The summed E-state index contributed by atoms with van der Waals surface area (Å²) >= 11 is 0. The average molecular weight is 534 g/mol. The number of hydrogen-bond acceptors (Lipinski definition) is 5. The van der Waals surface area contributed by atoms with Crippen molar-refractivity contribution in [3.8, 4) is 40.3 Å². The van der Waals surface area contributed by atoms with Gasteiger partial charge in [-0.2, -0.15) is 5.26 Å². The monoisotopic (exact) mass is 533 g/mol. The number of nitriles is 1. The highest BCUT2D eigenvalue weighted by Crippen LogP contribution is 2.38. The van der Waals surface area contributed by atoms with Crippen LogP contribution in [0.5, 0.6) is 17.2 Å². The van der Waals surface area contributed by atoms with Gasteiger partial charge in [0.15, 0.2) is 0 Å². The van der Waals surface area contributed by atoms with Gasteiger partial charge in [0.2, 0.25) is 0 Å². The highest BCUT2D eigenvalue weighted by atomic mass is 16.5. The van der Waals surface area contributed by atoms with Crippen molar-refractivity contribution < 1.29 is 14.2 Å². The molecular formula is C31H27N5O4. The molecule has 0 amide bonds. The van der Waals surface area contributed by atoms with Gasteiger partial charge < -0.3 is 24.2 Å². The number of methoxy groups -OCH3 is 3. The lowest BCUT2D eigenvalue weighted by atomic mass is 10.1. The van der Waals surface area contributed by atoms with Crippen molar-refractivity contribution in [3.05, 3.63) is 94.3 Å². The number of aromatic nitrogens is 4. The molecule has 6 rings (SSSR count). The van der Waals surface area contributed by atoms with Gasteiger partial charge in [0.25, 0.3) is 0 Å². The summed E-state index contributed by atoms with van der Waals surface area (Å²) in [6, 6.07) is 21.4. The SMILES string of the molecule is COc1cc(OC)c(Cn2c(C#N)c(-c3c[nH]c4ccccc34)n(-c3c(C)[nH]c4ccccc34)c2=O)c(OC)c1. The Kier molecular flexibility index (Phi) is 6.08. The van der Waals surface area contributed by atoms with E-state index in [0.717, 1.165) is 33.1 Å². The Balaban J connectivity index is 1.70. The van der Waals surface area contributed by atoms with Gasteiger partial charge in [-0.1, -0.05) is 36.4 Å². The van der Waals surface area contributed by atoms with Crippen LogP contribution in [0.25, 0.3) is 38.8 Å². The van der Waals surface area contributed by atoms with Crippen LogP contribution in [0.3, 0.4) is 0 Å². The zero-order valence-electron chi connectivity index (χ0n) is 22.5. The van der Waals surface area contributed by atoms with E-state index >= 15 is 0 Å². The predicted octanol–water partition coefficient (Wildman–Crippen LogP) is 5.52. The van der Waals surface area contributed by atoms with E-state index in [9.17, 15) is 10.1 Å². The largest absolute Gasteiger partial charge is 0.496 e. The fourth-order valence-electron chi connectivity index (χ4n) is 5.47. The molecule has 3 aromatic heterocycles. The molecule has 0 bridgehead atoms. The minimum absolute atomic E-state index is 0.0435. The minimum Gasteiger partial charge on any atom is -0.496 e. The van der Waals surface area contributed by atoms with Crippen LogP contribution in [0, 0.1) is 18.3 Å². The fourth-order valence-corrected chi connectivity index (χ4v) is 5.47. The quantitative estimate of drug-likeness (QED) is 0.281. The van der Waals surface area contributed by atoms with Gasteiger partial charge in [0.1, 0.15) is 29.0 Å². The minimum atomic E-state index is -0.357. The Labute approximate surface area is 229 Å². The van der Waals surface area contributed by atoms with E-state index < -0.39 is 0 Å². The number of para-hydroxylation sites is 2. The predicted molar refractivity (Wildman–Crippen MR) is 154 cm³/mol. The number of hydrogen-bond donors (Lipinski definition) is 2. The first-order valence-corrected chi connectivity index (χ1v) is 12.7. The van der Waals surface area contributed by atoms with Gasteiger partial charge in [-0.15, -0.1) is 0 Å². The number of nitrogens with zero attached hydrogens (tertiary/aromatic N) is 3. The second kappa shape index (κ2) is 9.75. The third kappa shape index (κ3) is 3.73. The Hall–Kier alpha value is -5.36. The molecule has 0 spiro atoms. The highest BCUT2D eigenvalue weighted by molar-refractivity contribution is 5.97. The maximum Gasteiger partial charge on any atom is 0.334 e. The first kappa shape index (κ1) is 24.9. The van der Waals surface area contributed by atoms with Gasteiger partial charge in [0, 0.05) is 51.4 Å². The van der Waals surface area contributed by atoms with E-state index in [1.807, 2.05) is 61.7 Å². The van der Waals surface area contributed by atoms with Crippen LogP contribution >= 0.6 is 0 Å². The van der Waals surface area contributed by atoms with Crippen molar-refractivity contribution in [3.63, 3.8) is 0 Å². The average Bonchev–Trinajstić information content (AvgIpc) is 3.63. The lowest BCUT2D eigenvalue weighted by molar-refractivity contribution is 0.367. The molecular weight excluding hydrogens is 506 g/mol. The number of imidazole rings is 1. The molecule has 6 aromatic rings. The third-order valence-corrected chi connectivity index (χ3v) is 7.31. The zero-order valence-corrected chi connectivity index (χ0v) is 22.5. The summed E-state index contributed by atoms with van der Waals surface area (Å²) in [7, 11) is 4.65. The van der Waals surface area contributed by atoms with E-state index in [2.05, 4.69) is 16.0 Å². The van der Waals surface area contributed by atoms with Crippen LogP contribution in [-0.2, 0) is 6.54 Å². The van der Waals surface area contributed by atoms with Crippen molar-refractivity contribution in [2.75, 3.05) is 21.3 Å². The molecule has 0 fully saturated rings. The van der Waals surface area contributed by atoms with Gasteiger partial charge in [-0.25, -0.2) is 4.79 Å². The standard InChI is InChI=1S/C31H27N5O4/c1-18-29(21-10-6-8-12-25(21)34-18)36-30(22-16-33-24-11-7-5-9-20(22)24)26(15-32)35(31(36)37)17-23-27(39-3)13-19(38-2)14-28(23)40-4/h5-14,16,33-34H,17H2,1-4H3. The smallest absolute Gasteiger partial charge is 0.334 e. The van der Waals surface area contributed by atoms with Crippen molar-refractivity contribution in [1.29, 1.82) is 5.26 Å². The van der Waals surface area contributed by atoms with Crippen LogP contribution in [0.4, 0.5) is 0 Å². The van der Waals surface area contributed by atoms with E-state index in [1.54, 1.807) is 38.0 Å². The molecule has 0 aliphatic heterocycles. The molecule has 0 unspecified atom stereocenters. The summed E-state index contributed by atoms with van der Waals surface area (Å²) < 4.78 is 19.8. The molecule has 0 saturated heterocycles. The summed E-state index contributed by atoms with van der Waals surface area (Å²) in [6.07, 6.45) is 1.85. The number of aromatic amines is 2. The molecule has 0 radical (unpaired) electrons. The number of rotatable bonds is 7. The van der Waals surface area contributed by atoms with Crippen molar-refractivity contribution in [2.45, 2.75) is 13.5 Å². The fraction of sp³-hybridized carbons (Fsp3) is 0.161. The maximum absolute atomic E-state index is 14.5. The second-order valence-corrected chi connectivity index (χ2v) is 9.42. The molecule has 9 heteroatoms. The molecule has 3 heterocycles. The molecule has 0 aliphatic carbocycles. The Morgan fingerprint density at radius 2 is 1.55 bits per heavy atom. The van der Waals surface area contributed by atoms with Gasteiger partial charge in [-0.05, 0) is 19.1 Å². The molecule has 3 aromatic carbocycles. The van der Waals surface area contributed by atoms with E-state index in [-0.39, 0.29) is 17.9 Å². The molecule has 0 atom stereocenters. The van der Waals surface area contributed by atoms with Crippen LogP contribution in [0.15, 0.2) is 71.7 Å². The summed E-state index contributed by atoms with van der Waals surface area (Å²) in [4.78, 5) is 21.2. The number of benzene rings is 3. The number of ether oxygens (including phenoxy) is 3. The van der Waals surface area contributed by atoms with Gasteiger partial charge in [-0.3, -0.25) is 9.13 Å². The maximum atomic E-state index is 14.5. The Morgan fingerprint density at radius 3 is 2.20 bits per heavy atom. The van der Waals surface area contributed by atoms with Gasteiger partial charge in [0.05, 0.1) is 44.8 Å². The van der Waals surface area contributed by atoms with E-state index in [0.29, 0.717) is 34.2 Å². The zero-order chi connectivity index (χ0) is 28.0. The second-order valence-electron chi connectivity index (χ2n) is 9.42. The van der Waals surface area contributed by atoms with E-state index in [4.69, 9.17) is 14.2 Å². The Morgan fingerprint density at radius 1 is 0.900 bits per heavy atom. The summed E-state index contributed by atoms with van der Waals surface area (Å²) in [5.41, 5.74) is 5.05. The lowest BCUT2D eigenvalue weighted by Crippen LogP contribution is -2.25. The van der Waals surface area contributed by atoms with Crippen LogP contribution in [0.2, 0.25) is 0 Å². The first-order valence-electron chi connectivity index (χ1n) is 12.7. The summed E-state index contributed by atoms with van der Waals surface area (Å²) in [6.45, 7) is 1.97. The molecule has 2 N–H and O–H groups in total. The number of fused-ring (bicyclic) bond motifs is 2. The molecule has 0 aliphatic rings. The molecule has 200 valence electrons. The van der Waals surface area contributed by atoms with Crippen LogP contribution < -0.4 is 19.9 Å². The first-order chi connectivity index (χ1) is 19.5. The van der Waals surface area contributed by atoms with E-state index in [1.165, 1.54) is 4.57 Å². The van der Waals surface area contributed by atoms with Crippen LogP contribution in [-0.4, -0.2) is 40.4 Å². The number of H-pyrrole nitrogens is 2. The molecule has 0 saturated carbocycles. The van der Waals surface area contributed by atoms with Crippen molar-refractivity contribution in [1.82, 2.24) is 19.1 Å². The van der Waals surface area contributed by atoms with Crippen molar-refractivity contribution in [2.24, 2.45) is 0 Å². The normalized spacial score (nSPS) is 11.2. The van der Waals surface area contributed by atoms with Crippen molar-refractivity contribution >= 4 is 21.8 Å². The topological polar surface area (TPSA) is 110 Å².